The van der Waals surface area contributed by atoms with Gasteiger partial charge in [-0.2, -0.15) is 0 Å². The molecule has 1 heterocycles. The molecule has 3 saturated carbocycles. The van der Waals surface area contributed by atoms with Crippen LogP contribution in [0.3, 0.4) is 0 Å². The van der Waals surface area contributed by atoms with E-state index in [1.54, 1.807) is 48.5 Å². The van der Waals surface area contributed by atoms with Crippen molar-refractivity contribution in [3.05, 3.63) is 107 Å². The number of nitrogens with two attached hydrogens (primary N) is 2. The van der Waals surface area contributed by atoms with E-state index in [9.17, 15) is 41.1 Å². The highest BCUT2D eigenvalue weighted by Gasteiger charge is 2.59. The van der Waals surface area contributed by atoms with E-state index in [1.807, 2.05) is 19.9 Å². The van der Waals surface area contributed by atoms with Gasteiger partial charge in [-0.1, -0.05) is 91.2 Å². The normalized spacial score (nSPS) is 26.6. The molecule has 0 spiro atoms. The Morgan fingerprint density at radius 1 is 0.750 bits per heavy atom. The van der Waals surface area contributed by atoms with Crippen molar-refractivity contribution in [1.29, 1.82) is 0 Å². The molecule has 1 saturated heterocycles. The summed E-state index contributed by atoms with van der Waals surface area (Å²) in [7, 11) is -8.10. The maximum atomic E-state index is 15.0. The Morgan fingerprint density at radius 2 is 1.35 bits per heavy atom. The SMILES string of the molecule is Cc1ccc(S(=O)(=O)NC(N)=NCCCC(NC(=O)OCc2ccccc2)C(=O)NC(CCCN=C(N)NS(=O)(=O)c2ccc(C)cc2)C(=O)N2CCCC2C(=O)NC2CCC3C4CC=C5CC(O)CCC5(C)C4CCC23C)cc1. The number of nitrogens with one attached hydrogen (secondary N) is 5. The number of rotatable bonds is 20. The van der Waals surface area contributed by atoms with Crippen LogP contribution in [0, 0.1) is 42.4 Å². The number of alkyl carbamates (subject to hydrolysis) is 1. The number of benzene rings is 3. The van der Waals surface area contributed by atoms with Crippen LogP contribution in [0.25, 0.3) is 0 Å². The molecule has 4 aliphatic carbocycles. The summed E-state index contributed by atoms with van der Waals surface area (Å²) in [5.41, 5.74) is 15.9. The third-order valence-electron chi connectivity index (χ3n) is 17.7. The van der Waals surface area contributed by atoms with Gasteiger partial charge in [-0.3, -0.25) is 24.4 Å². The Labute approximate surface area is 470 Å². The van der Waals surface area contributed by atoms with Crippen molar-refractivity contribution < 1.29 is 45.9 Å². The average Bonchev–Trinajstić information content (AvgIpc) is 4.11. The van der Waals surface area contributed by atoms with Gasteiger partial charge in [-0.05, 0) is 162 Å². The van der Waals surface area contributed by atoms with Gasteiger partial charge in [-0.15, -0.1) is 0 Å². The van der Waals surface area contributed by atoms with Gasteiger partial charge in [0.15, 0.2) is 0 Å². The molecular formula is C58H80N10O10S2. The van der Waals surface area contributed by atoms with Crippen LogP contribution in [0.2, 0.25) is 0 Å². The predicted octanol–water partition coefficient (Wildman–Crippen LogP) is 5.33. The van der Waals surface area contributed by atoms with Crippen molar-refractivity contribution in [2.45, 2.75) is 164 Å². The minimum atomic E-state index is -4.05. The van der Waals surface area contributed by atoms with Crippen LogP contribution in [-0.2, 0) is 45.8 Å². The zero-order chi connectivity index (χ0) is 57.4. The highest BCUT2D eigenvalue weighted by molar-refractivity contribution is 7.90. The summed E-state index contributed by atoms with van der Waals surface area (Å²) in [6.07, 6.45) is 9.75. The maximum Gasteiger partial charge on any atom is 0.408 e. The number of carbonyl (C=O) groups is 4. The second-order valence-corrected chi connectivity index (χ2v) is 26.4. The van der Waals surface area contributed by atoms with Crippen LogP contribution in [0.4, 0.5) is 4.79 Å². The number of likely N-dealkylation sites (tertiary alicyclic amines) is 1. The first-order valence-corrected chi connectivity index (χ1v) is 31.1. The van der Waals surface area contributed by atoms with Crippen molar-refractivity contribution in [1.82, 2.24) is 30.3 Å². The quantitative estimate of drug-likeness (QED) is 0.0308. The number of sulfonamides is 2. The van der Waals surface area contributed by atoms with Gasteiger partial charge < -0.3 is 42.2 Å². The molecule has 10 unspecified atom stereocenters. The van der Waals surface area contributed by atoms with Gasteiger partial charge in [-0.25, -0.2) is 31.1 Å². The number of aliphatic hydroxyl groups is 1. The van der Waals surface area contributed by atoms with Gasteiger partial charge in [0.2, 0.25) is 29.6 Å². The fourth-order valence-corrected chi connectivity index (χ4v) is 15.1. The van der Waals surface area contributed by atoms with E-state index in [4.69, 9.17) is 16.2 Å². The molecule has 22 heteroatoms. The van der Waals surface area contributed by atoms with Crippen LogP contribution < -0.4 is 36.9 Å². The largest absolute Gasteiger partial charge is 0.445 e. The molecule has 1 aliphatic heterocycles. The Balaban J connectivity index is 0.970. The Kier molecular flexibility index (Phi) is 19.0. The molecule has 4 fully saturated rings. The lowest BCUT2D eigenvalue weighted by Gasteiger charge is -2.58. The van der Waals surface area contributed by atoms with Crippen LogP contribution in [0.1, 0.15) is 120 Å². The molecule has 3 aromatic carbocycles. The molecule has 80 heavy (non-hydrogen) atoms. The minimum absolute atomic E-state index is 0.00537. The number of allylic oxidation sites excluding steroid dienone is 1. The Morgan fingerprint density at radius 3 is 1.96 bits per heavy atom. The fraction of sp³-hybridized carbons (Fsp3) is 0.552. The number of ether oxygens (including phenoxy) is 1. The first-order valence-electron chi connectivity index (χ1n) is 28.1. The van der Waals surface area contributed by atoms with Gasteiger partial charge in [0.05, 0.1) is 15.9 Å². The third-order valence-corrected chi connectivity index (χ3v) is 20.4. The van der Waals surface area contributed by atoms with Crippen LogP contribution in [0.5, 0.6) is 0 Å². The van der Waals surface area contributed by atoms with E-state index in [0.717, 1.165) is 62.5 Å². The number of amides is 4. The number of guanidine groups is 2. The molecule has 3 aromatic rings. The van der Waals surface area contributed by atoms with Gasteiger partial charge in [0.25, 0.3) is 20.0 Å². The molecule has 0 bridgehead atoms. The summed E-state index contributed by atoms with van der Waals surface area (Å²) in [5.74, 6) is -0.811. The molecule has 0 radical (unpaired) electrons. The van der Waals surface area contributed by atoms with Crippen LogP contribution >= 0.6 is 0 Å². The molecule has 10 atom stereocenters. The predicted molar refractivity (Wildman–Crippen MR) is 304 cm³/mol. The molecular weight excluding hydrogens is 1060 g/mol. The highest BCUT2D eigenvalue weighted by atomic mass is 32.2. The van der Waals surface area contributed by atoms with Crippen LogP contribution in [0.15, 0.2) is 110 Å². The molecule has 8 rings (SSSR count). The van der Waals surface area contributed by atoms with Crippen molar-refractivity contribution >= 4 is 55.8 Å². The monoisotopic (exact) mass is 1140 g/mol. The number of hydrogen-bond donors (Lipinski definition) is 8. The van der Waals surface area contributed by atoms with E-state index in [0.29, 0.717) is 36.2 Å². The molecule has 434 valence electrons. The highest BCUT2D eigenvalue weighted by Crippen LogP contribution is 2.65. The summed E-state index contributed by atoms with van der Waals surface area (Å²) < 4.78 is 62.1. The van der Waals surface area contributed by atoms with E-state index in [2.05, 4.69) is 55.3 Å². The van der Waals surface area contributed by atoms with E-state index >= 15 is 0 Å². The van der Waals surface area contributed by atoms with E-state index in [-0.39, 0.29) is 103 Å². The van der Waals surface area contributed by atoms with Gasteiger partial charge in [0.1, 0.15) is 24.7 Å². The van der Waals surface area contributed by atoms with E-state index in [1.165, 1.54) is 34.7 Å². The molecule has 4 amide bonds. The lowest BCUT2D eigenvalue weighted by Crippen LogP contribution is -2.58. The van der Waals surface area contributed by atoms with Crippen LogP contribution in [-0.4, -0.2) is 112 Å². The molecule has 5 aliphatic rings. The fourth-order valence-electron chi connectivity index (χ4n) is 13.2. The third kappa shape index (κ3) is 14.1. The van der Waals surface area contributed by atoms with Gasteiger partial charge >= 0.3 is 6.09 Å². The summed E-state index contributed by atoms with van der Waals surface area (Å²) in [6.45, 7) is 8.43. The second kappa shape index (κ2) is 25.5. The summed E-state index contributed by atoms with van der Waals surface area (Å²) in [4.78, 5) is 67.4. The summed E-state index contributed by atoms with van der Waals surface area (Å²) in [6, 6.07) is 17.9. The van der Waals surface area contributed by atoms with Crippen molar-refractivity contribution in [3.8, 4) is 0 Å². The number of aliphatic imine (C=N–C) groups is 2. The lowest BCUT2D eigenvalue weighted by atomic mass is 9.48. The first kappa shape index (κ1) is 59.6. The number of aryl methyl sites for hydroxylation is 2. The smallest absolute Gasteiger partial charge is 0.408 e. The molecule has 20 nitrogen and oxygen atoms in total. The number of carbonyl (C=O) groups excluding carboxylic acids is 4. The van der Waals surface area contributed by atoms with Crippen molar-refractivity contribution in [2.24, 2.45) is 50.0 Å². The Hall–Kier alpha value is -6.52. The first-order chi connectivity index (χ1) is 38.1. The maximum absolute atomic E-state index is 15.0. The zero-order valence-electron chi connectivity index (χ0n) is 46.4. The Bertz CT molecular complexity index is 3030. The number of hydrogen-bond acceptors (Lipinski definition) is 12. The lowest BCUT2D eigenvalue weighted by molar-refractivity contribution is -0.142. The van der Waals surface area contributed by atoms with Gasteiger partial charge in [0, 0.05) is 25.7 Å². The van der Waals surface area contributed by atoms with Crippen molar-refractivity contribution in [2.75, 3.05) is 19.6 Å². The number of fused-ring (bicyclic) bond motifs is 5. The number of aliphatic hydroxyl groups excluding tert-OH is 1. The minimum Gasteiger partial charge on any atom is -0.445 e. The molecule has 10 N–H and O–H groups in total. The standard InChI is InChI=1S/C58H80N10O10S2/c1-37-16-21-42(22-17-37)79(74,75)66-54(59)61-32-8-13-47(64-56(73)78-36-39-11-6-5-7-12-39)51(70)63-48(14-9-33-62-55(60)67-80(76,77)43-23-18-38(2)19-24-43)53(72)68-34-10-15-49(68)52(71)65-50-27-26-45-44-25-20-40-35-41(69)28-30-57(40,3)46(44)29-31-58(45,50)4/h5-7,11-12,16-24,41,44-50,69H,8-10,13-15,25-36H2,1-4H3,(H,63,70)(H,64,73)(H,65,71)(H3,59,61,66)(H3,60,62,67). The van der Waals surface area contributed by atoms with E-state index < -0.39 is 56.1 Å². The second-order valence-electron chi connectivity index (χ2n) is 23.0. The zero-order valence-corrected chi connectivity index (χ0v) is 48.0. The topological polar surface area (TPSA) is 306 Å². The number of nitrogens with zero attached hydrogens (tertiary/aromatic N) is 3. The summed E-state index contributed by atoms with van der Waals surface area (Å²) >= 11 is 0. The molecule has 0 aromatic heterocycles. The summed E-state index contributed by atoms with van der Waals surface area (Å²) in [5, 5.41) is 19.5. The van der Waals surface area contributed by atoms with Crippen molar-refractivity contribution in [3.63, 3.8) is 0 Å². The average molecular weight is 1140 g/mol.